The number of nitrogens with one attached hydrogen (secondary N) is 2. The molecule has 0 fully saturated rings. The molecule has 0 bridgehead atoms. The monoisotopic (exact) mass is 361 g/mol. The normalized spacial score (nSPS) is 10.2. The maximum atomic E-state index is 12.3. The van der Waals surface area contributed by atoms with Gasteiger partial charge in [0, 0.05) is 25.1 Å². The third-order valence-electron chi connectivity index (χ3n) is 3.41. The molecule has 0 unspecified atom stereocenters. The Hall–Kier alpha value is -1.30. The first-order chi connectivity index (χ1) is 10.4. The van der Waals surface area contributed by atoms with Crippen molar-refractivity contribution < 1.29 is 9.59 Å². The Bertz CT molecular complexity index is 536. The Morgan fingerprint density at radius 2 is 1.96 bits per heavy atom. The van der Waals surface area contributed by atoms with E-state index in [0.717, 1.165) is 13.0 Å². The van der Waals surface area contributed by atoms with Crippen LogP contribution < -0.4 is 10.6 Å². The van der Waals surface area contributed by atoms with E-state index in [1.165, 1.54) is 0 Å². The molecule has 0 heterocycles. The van der Waals surface area contributed by atoms with Crippen molar-refractivity contribution in [3.63, 3.8) is 0 Å². The van der Waals surface area contributed by atoms with Crippen molar-refractivity contribution >= 4 is 41.5 Å². The number of benzene rings is 1. The lowest BCUT2D eigenvalue weighted by atomic mass is 10.1. The zero-order chi connectivity index (χ0) is 16.7. The molecule has 130 valence electrons. The second-order valence-electron chi connectivity index (χ2n) is 5.46. The van der Waals surface area contributed by atoms with Crippen molar-refractivity contribution in [3.05, 3.63) is 28.8 Å². The van der Waals surface area contributed by atoms with E-state index < -0.39 is 0 Å². The van der Waals surface area contributed by atoms with E-state index in [9.17, 15) is 9.59 Å². The standard InChI is InChI=1S/C16H24ClN3O2.ClH/c1-11(2)20(4)16(22)12-7-8-13(17)14(10-12)19-15(21)6-5-9-18-3;/h7-8,10-11,18H,5-6,9H2,1-4H3,(H,19,21);1H. The first-order valence-electron chi connectivity index (χ1n) is 7.38. The van der Waals surface area contributed by atoms with Gasteiger partial charge in [-0.2, -0.15) is 0 Å². The van der Waals surface area contributed by atoms with Crippen LogP contribution in [-0.2, 0) is 4.79 Å². The van der Waals surface area contributed by atoms with Crippen LogP contribution in [0.3, 0.4) is 0 Å². The minimum atomic E-state index is -0.112. The van der Waals surface area contributed by atoms with Crippen molar-refractivity contribution in [1.29, 1.82) is 0 Å². The molecule has 0 aromatic heterocycles. The largest absolute Gasteiger partial charge is 0.339 e. The minimum absolute atomic E-state index is 0. The second-order valence-corrected chi connectivity index (χ2v) is 5.87. The van der Waals surface area contributed by atoms with Gasteiger partial charge in [0.2, 0.25) is 5.91 Å². The molecule has 0 spiro atoms. The number of halogens is 2. The van der Waals surface area contributed by atoms with Crippen LogP contribution in [-0.4, -0.2) is 43.4 Å². The molecule has 1 rings (SSSR count). The second kappa shape index (κ2) is 10.5. The van der Waals surface area contributed by atoms with Crippen LogP contribution in [0.25, 0.3) is 0 Å². The summed E-state index contributed by atoms with van der Waals surface area (Å²) in [6, 6.07) is 5.02. The summed E-state index contributed by atoms with van der Waals surface area (Å²) in [5.74, 6) is -0.212. The lowest BCUT2D eigenvalue weighted by Crippen LogP contribution is -2.33. The fraction of sp³-hybridized carbons (Fsp3) is 0.500. The first kappa shape index (κ1) is 21.7. The Kier molecular flexibility index (Phi) is 9.88. The number of amides is 2. The number of hydrogen-bond acceptors (Lipinski definition) is 3. The van der Waals surface area contributed by atoms with Gasteiger partial charge >= 0.3 is 0 Å². The van der Waals surface area contributed by atoms with Gasteiger partial charge in [0.15, 0.2) is 0 Å². The summed E-state index contributed by atoms with van der Waals surface area (Å²) in [6.07, 6.45) is 1.15. The van der Waals surface area contributed by atoms with Gasteiger partial charge < -0.3 is 15.5 Å². The average molecular weight is 362 g/mol. The van der Waals surface area contributed by atoms with Gasteiger partial charge in [-0.3, -0.25) is 9.59 Å². The molecule has 0 aliphatic carbocycles. The highest BCUT2D eigenvalue weighted by atomic mass is 35.5. The van der Waals surface area contributed by atoms with Gasteiger partial charge in [-0.1, -0.05) is 11.6 Å². The van der Waals surface area contributed by atoms with E-state index >= 15 is 0 Å². The van der Waals surface area contributed by atoms with Gasteiger partial charge in [0.1, 0.15) is 0 Å². The van der Waals surface area contributed by atoms with E-state index in [1.54, 1.807) is 30.1 Å². The third kappa shape index (κ3) is 6.77. The summed E-state index contributed by atoms with van der Waals surface area (Å²) in [7, 11) is 3.59. The van der Waals surface area contributed by atoms with Crippen LogP contribution in [0.2, 0.25) is 5.02 Å². The van der Waals surface area contributed by atoms with E-state index in [0.29, 0.717) is 22.7 Å². The van der Waals surface area contributed by atoms with Crippen LogP contribution >= 0.6 is 24.0 Å². The summed E-state index contributed by atoms with van der Waals surface area (Å²) >= 11 is 6.10. The molecule has 0 radical (unpaired) electrons. The quantitative estimate of drug-likeness (QED) is 0.733. The molecule has 23 heavy (non-hydrogen) atoms. The number of anilines is 1. The third-order valence-corrected chi connectivity index (χ3v) is 3.74. The molecule has 0 atom stereocenters. The van der Waals surface area contributed by atoms with Crippen LogP contribution in [0.5, 0.6) is 0 Å². The zero-order valence-electron chi connectivity index (χ0n) is 14.0. The topological polar surface area (TPSA) is 61.4 Å². The van der Waals surface area contributed by atoms with Gasteiger partial charge in [-0.05, 0) is 52.1 Å². The predicted molar refractivity (Wildman–Crippen MR) is 97.7 cm³/mol. The summed E-state index contributed by atoms with van der Waals surface area (Å²) in [6.45, 7) is 4.66. The number of hydrogen-bond donors (Lipinski definition) is 2. The lowest BCUT2D eigenvalue weighted by Gasteiger charge is -2.22. The molecule has 1 aromatic carbocycles. The number of rotatable bonds is 7. The Morgan fingerprint density at radius 1 is 1.30 bits per heavy atom. The molecule has 1 aromatic rings. The van der Waals surface area contributed by atoms with E-state index in [4.69, 9.17) is 11.6 Å². The van der Waals surface area contributed by atoms with Crippen molar-refractivity contribution in [2.45, 2.75) is 32.7 Å². The molecule has 0 aliphatic heterocycles. The number of carbonyl (C=O) groups is 2. The molecule has 7 heteroatoms. The first-order valence-corrected chi connectivity index (χ1v) is 7.75. The summed E-state index contributed by atoms with van der Waals surface area (Å²) in [5, 5.41) is 6.17. The van der Waals surface area contributed by atoms with Crippen LogP contribution in [0.1, 0.15) is 37.0 Å². The minimum Gasteiger partial charge on any atom is -0.339 e. The van der Waals surface area contributed by atoms with Gasteiger partial charge in [-0.25, -0.2) is 0 Å². The lowest BCUT2D eigenvalue weighted by molar-refractivity contribution is -0.116. The molecule has 2 amide bonds. The van der Waals surface area contributed by atoms with E-state index in [1.807, 2.05) is 20.9 Å². The van der Waals surface area contributed by atoms with E-state index in [-0.39, 0.29) is 30.3 Å². The summed E-state index contributed by atoms with van der Waals surface area (Å²) in [4.78, 5) is 25.8. The maximum absolute atomic E-state index is 12.3. The zero-order valence-corrected chi connectivity index (χ0v) is 15.6. The SMILES string of the molecule is CNCCCC(=O)Nc1cc(C(=O)N(C)C(C)C)ccc1Cl.Cl. The molecule has 0 saturated heterocycles. The molecule has 5 nitrogen and oxygen atoms in total. The Labute approximate surface area is 149 Å². The number of carbonyl (C=O) groups excluding carboxylic acids is 2. The highest BCUT2D eigenvalue weighted by Gasteiger charge is 2.16. The van der Waals surface area contributed by atoms with Gasteiger partial charge in [0.05, 0.1) is 10.7 Å². The highest BCUT2D eigenvalue weighted by molar-refractivity contribution is 6.33. The van der Waals surface area contributed by atoms with Crippen molar-refractivity contribution in [3.8, 4) is 0 Å². The van der Waals surface area contributed by atoms with E-state index in [2.05, 4.69) is 10.6 Å². The van der Waals surface area contributed by atoms with Crippen LogP contribution in [0.15, 0.2) is 18.2 Å². The van der Waals surface area contributed by atoms with Crippen LogP contribution in [0, 0.1) is 0 Å². The maximum Gasteiger partial charge on any atom is 0.253 e. The van der Waals surface area contributed by atoms with Crippen molar-refractivity contribution in [2.75, 3.05) is 26.0 Å². The van der Waals surface area contributed by atoms with Gasteiger partial charge in [0.25, 0.3) is 5.91 Å². The fourth-order valence-electron chi connectivity index (χ4n) is 1.83. The van der Waals surface area contributed by atoms with Crippen LogP contribution in [0.4, 0.5) is 5.69 Å². The smallest absolute Gasteiger partial charge is 0.253 e. The van der Waals surface area contributed by atoms with Crippen molar-refractivity contribution in [2.24, 2.45) is 0 Å². The van der Waals surface area contributed by atoms with Gasteiger partial charge in [-0.15, -0.1) is 12.4 Å². The summed E-state index contributed by atoms with van der Waals surface area (Å²) in [5.41, 5.74) is 0.977. The molecule has 0 aliphatic rings. The molecular formula is C16H25Cl2N3O2. The fourth-order valence-corrected chi connectivity index (χ4v) is 2.00. The Morgan fingerprint density at radius 3 is 2.52 bits per heavy atom. The predicted octanol–water partition coefficient (Wildman–Crippen LogP) is 3.18. The molecule has 2 N–H and O–H groups in total. The average Bonchev–Trinajstić information content (AvgIpc) is 2.48. The van der Waals surface area contributed by atoms with Crippen molar-refractivity contribution in [1.82, 2.24) is 10.2 Å². The summed E-state index contributed by atoms with van der Waals surface area (Å²) < 4.78 is 0. The molecular weight excluding hydrogens is 337 g/mol. The Balaban J connectivity index is 0.00000484. The highest BCUT2D eigenvalue weighted by Crippen LogP contribution is 2.24. The molecule has 0 saturated carbocycles. The number of nitrogens with zero attached hydrogens (tertiary/aromatic N) is 1.